The van der Waals surface area contributed by atoms with Gasteiger partial charge in [-0.3, -0.25) is 9.59 Å². The minimum Gasteiger partial charge on any atom is -0.511 e. The van der Waals surface area contributed by atoms with Crippen LogP contribution in [0.15, 0.2) is 194 Å². The highest BCUT2D eigenvalue weighted by atomic mass is 16.7. The fourth-order valence-corrected chi connectivity index (χ4v) is 9.36. The van der Waals surface area contributed by atoms with Crippen LogP contribution in [-0.4, -0.2) is 18.6 Å². The van der Waals surface area contributed by atoms with Crippen LogP contribution in [-0.2, 0) is 30.1 Å². The zero-order chi connectivity index (χ0) is 36.8. The predicted molar refractivity (Wildman–Crippen MR) is 217 cm³/mol. The summed E-state index contributed by atoms with van der Waals surface area (Å²) in [6.45, 7) is -3.19. The Balaban J connectivity index is 1.33. The topological polar surface area (TPSA) is 59.1 Å². The monoisotopic (exact) mass is 711 g/mol. The molecule has 2 saturated heterocycles. The standard InChI is InChI=1S/C48H32BN2O4/c52-45-47(35-19-5-1-6-20-35,36-21-7-2-8-22-36)54-49-50(45)41-31-29-33-17-13-15-27-39(33)43(41)44-40-28-16-14-18-34(40)30-32-42(44)51(49)46(53)48(55-49,37-23-9-3-10-24-37)38-25-11-4-12-26-38/h1-32H/q-1. The molecule has 262 valence electrons. The molecule has 0 aromatic heterocycles. The van der Waals surface area contributed by atoms with Crippen LogP contribution in [0.25, 0.3) is 32.7 Å². The molecule has 0 unspecified atom stereocenters. The molecule has 55 heavy (non-hydrogen) atoms. The zero-order valence-electron chi connectivity index (χ0n) is 29.6. The number of hydrogen-bond acceptors (Lipinski definition) is 4. The molecule has 0 aliphatic carbocycles. The van der Waals surface area contributed by atoms with Crippen molar-refractivity contribution in [2.24, 2.45) is 0 Å². The molecule has 1 spiro atoms. The quantitative estimate of drug-likeness (QED) is 0.171. The number of hydrogen-bond donors (Lipinski definition) is 0. The maximum atomic E-state index is 16.3. The minimum absolute atomic E-state index is 0.353. The Bertz CT molecular complexity index is 2560. The number of amides is 2. The summed E-state index contributed by atoms with van der Waals surface area (Å²) in [6, 6.07) is 62.7. The number of rotatable bonds is 4. The van der Waals surface area contributed by atoms with Gasteiger partial charge in [0.1, 0.15) is 0 Å². The first-order valence-electron chi connectivity index (χ1n) is 18.6. The number of nitrogens with zero attached hydrogens (tertiary/aromatic N) is 2. The van der Waals surface area contributed by atoms with Gasteiger partial charge in [0.05, 0.1) is 0 Å². The summed E-state index contributed by atoms with van der Waals surface area (Å²) in [6.07, 6.45) is 0. The average Bonchev–Trinajstić information content (AvgIpc) is 3.63. The van der Waals surface area contributed by atoms with Gasteiger partial charge in [0.15, 0.2) is 11.2 Å². The van der Waals surface area contributed by atoms with Crippen molar-refractivity contribution in [3.8, 4) is 11.1 Å². The third kappa shape index (κ3) is 4.11. The van der Waals surface area contributed by atoms with E-state index in [0.717, 1.165) is 32.7 Å². The summed E-state index contributed by atoms with van der Waals surface area (Å²) in [5.74, 6) is -0.707. The van der Waals surface area contributed by atoms with Crippen molar-refractivity contribution in [2.45, 2.75) is 11.2 Å². The third-order valence-electron chi connectivity index (χ3n) is 11.7. The van der Waals surface area contributed by atoms with E-state index in [1.165, 1.54) is 0 Å². The van der Waals surface area contributed by atoms with E-state index < -0.39 is 18.0 Å². The highest BCUT2D eigenvalue weighted by Crippen LogP contribution is 2.61. The predicted octanol–water partition coefficient (Wildman–Crippen LogP) is 9.72. The fraction of sp³-hybridized carbons (Fsp3) is 0.0417. The minimum atomic E-state index is -3.19. The summed E-state index contributed by atoms with van der Waals surface area (Å²) in [5, 5.41) is 3.89. The van der Waals surface area contributed by atoms with Crippen LogP contribution in [0.1, 0.15) is 22.3 Å². The molecule has 0 bridgehead atoms. The van der Waals surface area contributed by atoms with E-state index in [1.807, 2.05) is 170 Å². The summed E-state index contributed by atoms with van der Waals surface area (Å²) in [7, 11) is 0. The Morgan fingerprint density at radius 3 is 1.02 bits per heavy atom. The van der Waals surface area contributed by atoms with Crippen LogP contribution in [0, 0.1) is 0 Å². The van der Waals surface area contributed by atoms with E-state index in [1.54, 1.807) is 9.62 Å². The Morgan fingerprint density at radius 2 is 0.673 bits per heavy atom. The van der Waals surface area contributed by atoms with Crippen LogP contribution in [0.2, 0.25) is 0 Å². The van der Waals surface area contributed by atoms with E-state index in [0.29, 0.717) is 33.6 Å². The molecule has 7 heteroatoms. The van der Waals surface area contributed by atoms with Crippen molar-refractivity contribution in [3.63, 3.8) is 0 Å². The molecule has 3 aliphatic rings. The molecule has 8 aromatic rings. The molecule has 0 atom stereocenters. The average molecular weight is 712 g/mol. The van der Waals surface area contributed by atoms with Gasteiger partial charge in [-0.25, -0.2) is 0 Å². The molecule has 0 N–H and O–H groups in total. The largest absolute Gasteiger partial charge is 0.511 e. The van der Waals surface area contributed by atoms with Gasteiger partial charge in [0, 0.05) is 22.5 Å². The number of benzene rings is 8. The normalized spacial score (nSPS) is 17.4. The lowest BCUT2D eigenvalue weighted by Crippen LogP contribution is -2.64. The van der Waals surface area contributed by atoms with E-state index >= 15 is 9.59 Å². The molecule has 0 radical (unpaired) electrons. The first kappa shape index (κ1) is 31.7. The summed E-state index contributed by atoms with van der Waals surface area (Å²) >= 11 is 0. The van der Waals surface area contributed by atoms with E-state index in [4.69, 9.17) is 9.31 Å². The fourth-order valence-electron chi connectivity index (χ4n) is 9.36. The second kappa shape index (κ2) is 11.6. The van der Waals surface area contributed by atoms with Crippen molar-refractivity contribution >= 4 is 51.6 Å². The smallest absolute Gasteiger partial charge is 0.472 e. The van der Waals surface area contributed by atoms with Crippen molar-refractivity contribution in [2.75, 3.05) is 9.62 Å². The molecule has 8 aromatic carbocycles. The van der Waals surface area contributed by atoms with Crippen LogP contribution >= 0.6 is 0 Å². The second-order valence-corrected chi connectivity index (χ2v) is 14.4. The maximum absolute atomic E-state index is 16.3. The SMILES string of the molecule is O=C1N2c3ccc4ccccc4c3-c3c(ccc4ccccc34)N3C(=O)C(c4ccccc4)(c4ccccc4)O[B-]23OC1(c1ccccc1)c1ccccc1. The van der Waals surface area contributed by atoms with Gasteiger partial charge >= 0.3 is 6.82 Å². The molecule has 2 amide bonds. The third-order valence-corrected chi connectivity index (χ3v) is 11.7. The number of fused-ring (bicyclic) bond motifs is 9. The van der Waals surface area contributed by atoms with Gasteiger partial charge in [-0.1, -0.05) is 182 Å². The highest BCUT2D eigenvalue weighted by Gasteiger charge is 2.72. The number of carbonyl (C=O) groups is 2. The van der Waals surface area contributed by atoms with Crippen molar-refractivity contribution in [3.05, 3.63) is 216 Å². The van der Waals surface area contributed by atoms with E-state index in [9.17, 15) is 0 Å². The Morgan fingerprint density at radius 1 is 0.364 bits per heavy atom. The van der Waals surface area contributed by atoms with Gasteiger partial charge in [0.25, 0.3) is 0 Å². The van der Waals surface area contributed by atoms with Crippen molar-refractivity contribution in [1.29, 1.82) is 0 Å². The Hall–Kier alpha value is -6.80. The second-order valence-electron chi connectivity index (χ2n) is 14.4. The Labute approximate surface area is 317 Å². The first-order chi connectivity index (χ1) is 27.1. The summed E-state index contributed by atoms with van der Waals surface area (Å²) in [5.41, 5.74) is 1.99. The van der Waals surface area contributed by atoms with Gasteiger partial charge in [-0.15, -0.1) is 0 Å². The molecular weight excluding hydrogens is 679 g/mol. The van der Waals surface area contributed by atoms with Crippen molar-refractivity contribution in [1.82, 2.24) is 0 Å². The van der Waals surface area contributed by atoms with Crippen molar-refractivity contribution < 1.29 is 18.9 Å². The molecule has 3 heterocycles. The van der Waals surface area contributed by atoms with Gasteiger partial charge in [0.2, 0.25) is 11.8 Å². The van der Waals surface area contributed by atoms with E-state index in [2.05, 4.69) is 24.3 Å². The van der Waals surface area contributed by atoms with E-state index in [-0.39, 0.29) is 11.8 Å². The molecular formula is C48H32BN2O4-. The van der Waals surface area contributed by atoms with Gasteiger partial charge < -0.3 is 18.9 Å². The lowest BCUT2D eigenvalue weighted by atomic mass is 9.83. The molecule has 2 fully saturated rings. The van der Waals surface area contributed by atoms with Gasteiger partial charge in [-0.05, 0) is 55.9 Å². The highest BCUT2D eigenvalue weighted by molar-refractivity contribution is 6.86. The van der Waals surface area contributed by atoms with Crippen LogP contribution in [0.5, 0.6) is 0 Å². The summed E-state index contributed by atoms with van der Waals surface area (Å²) < 4.78 is 15.3. The lowest BCUT2D eigenvalue weighted by Gasteiger charge is -2.45. The molecule has 11 rings (SSSR count). The Kier molecular flexibility index (Phi) is 6.69. The summed E-state index contributed by atoms with van der Waals surface area (Å²) in [4.78, 5) is 35.9. The van der Waals surface area contributed by atoms with Gasteiger partial charge in [-0.2, -0.15) is 0 Å². The molecule has 6 nitrogen and oxygen atoms in total. The van der Waals surface area contributed by atoms with Crippen LogP contribution in [0.4, 0.5) is 11.4 Å². The number of carbonyl (C=O) groups excluding carboxylic acids is 2. The van der Waals surface area contributed by atoms with Crippen LogP contribution in [0.3, 0.4) is 0 Å². The number of anilines is 2. The molecule has 0 saturated carbocycles. The lowest BCUT2D eigenvalue weighted by molar-refractivity contribution is -0.127. The first-order valence-corrected chi connectivity index (χ1v) is 18.6. The molecule has 3 aliphatic heterocycles. The maximum Gasteiger partial charge on any atom is 0.472 e. The zero-order valence-corrected chi connectivity index (χ0v) is 29.6. The van der Waals surface area contributed by atoms with Crippen LogP contribution < -0.4 is 9.62 Å².